The van der Waals surface area contributed by atoms with Crippen LogP contribution in [0.1, 0.15) is 0 Å². The molecule has 3 aromatic rings. The largest absolute Gasteiger partial charge is 0.284 e. The van der Waals surface area contributed by atoms with Crippen molar-refractivity contribution < 1.29 is 0 Å². The molecule has 0 fully saturated rings. The number of hydrogen-bond donors (Lipinski definition) is 0. The van der Waals surface area contributed by atoms with Crippen LogP contribution in [0, 0.1) is 0 Å². The van der Waals surface area contributed by atoms with Crippen LogP contribution in [0.5, 0.6) is 0 Å². The summed E-state index contributed by atoms with van der Waals surface area (Å²) in [5.41, 5.74) is 0.824. The highest BCUT2D eigenvalue weighted by Gasteiger charge is 2.03. The number of pyridine rings is 2. The minimum atomic E-state index is -0.0400. The van der Waals surface area contributed by atoms with E-state index >= 15 is 0 Å². The van der Waals surface area contributed by atoms with Gasteiger partial charge in [-0.15, -0.1) is 0 Å². The topological polar surface area (TPSA) is 34.9 Å². The molecular weight excluding hydrogens is 212 g/mol. The summed E-state index contributed by atoms with van der Waals surface area (Å²) >= 11 is 0. The Morgan fingerprint density at radius 1 is 1.00 bits per heavy atom. The van der Waals surface area contributed by atoms with E-state index in [1.807, 2.05) is 42.5 Å². The van der Waals surface area contributed by atoms with Crippen LogP contribution in [-0.4, -0.2) is 9.55 Å². The molecule has 0 spiro atoms. The van der Waals surface area contributed by atoms with E-state index in [9.17, 15) is 4.79 Å². The average Bonchev–Trinajstić information content (AvgIpc) is 2.40. The maximum absolute atomic E-state index is 12.3. The molecule has 2 heterocycles. The fourth-order valence-corrected chi connectivity index (χ4v) is 1.87. The van der Waals surface area contributed by atoms with Gasteiger partial charge in [-0.3, -0.25) is 14.3 Å². The van der Waals surface area contributed by atoms with Gasteiger partial charge in [0.05, 0.1) is 5.39 Å². The molecule has 1 aromatic carbocycles. The maximum Gasteiger partial charge on any atom is 0.264 e. The number of para-hydroxylation sites is 1. The Hall–Kier alpha value is -2.42. The van der Waals surface area contributed by atoms with Crippen molar-refractivity contribution in [2.24, 2.45) is 0 Å². The quantitative estimate of drug-likeness (QED) is 0.633. The fourth-order valence-electron chi connectivity index (χ4n) is 1.87. The number of aromatic nitrogens is 2. The molecule has 0 saturated heterocycles. The van der Waals surface area contributed by atoms with Gasteiger partial charge in [-0.25, -0.2) is 0 Å². The molecule has 17 heavy (non-hydrogen) atoms. The molecule has 0 N–H and O–H groups in total. The first-order valence-electron chi connectivity index (χ1n) is 5.37. The van der Waals surface area contributed by atoms with E-state index in [2.05, 4.69) is 4.98 Å². The monoisotopic (exact) mass is 222 g/mol. The molecule has 0 aliphatic carbocycles. The zero-order chi connectivity index (χ0) is 11.7. The predicted molar refractivity (Wildman–Crippen MR) is 67.3 cm³/mol. The van der Waals surface area contributed by atoms with E-state index in [0.717, 1.165) is 11.1 Å². The SMILES string of the molecule is O=c1c2cnccc2ccn1-c1ccccc1. The first-order valence-corrected chi connectivity index (χ1v) is 5.37. The first-order chi connectivity index (χ1) is 8.36. The Labute approximate surface area is 98.0 Å². The van der Waals surface area contributed by atoms with E-state index in [0.29, 0.717) is 5.39 Å². The first kappa shape index (κ1) is 9.78. The van der Waals surface area contributed by atoms with Gasteiger partial charge in [0.2, 0.25) is 0 Å². The second-order valence-electron chi connectivity index (χ2n) is 3.79. The molecule has 3 nitrogen and oxygen atoms in total. The predicted octanol–water partition coefficient (Wildman–Crippen LogP) is 2.39. The highest BCUT2D eigenvalue weighted by Crippen LogP contribution is 2.10. The fraction of sp³-hybridized carbons (Fsp3) is 0. The summed E-state index contributed by atoms with van der Waals surface area (Å²) in [4.78, 5) is 16.2. The highest BCUT2D eigenvalue weighted by atomic mass is 16.1. The zero-order valence-corrected chi connectivity index (χ0v) is 9.08. The Kier molecular flexibility index (Phi) is 2.22. The van der Waals surface area contributed by atoms with E-state index in [4.69, 9.17) is 0 Å². The van der Waals surface area contributed by atoms with Crippen LogP contribution in [0.25, 0.3) is 16.5 Å². The smallest absolute Gasteiger partial charge is 0.264 e. The number of nitrogens with zero attached hydrogens (tertiary/aromatic N) is 2. The van der Waals surface area contributed by atoms with Crippen molar-refractivity contribution >= 4 is 10.8 Å². The molecule has 3 heteroatoms. The zero-order valence-electron chi connectivity index (χ0n) is 9.08. The van der Waals surface area contributed by atoms with Gasteiger partial charge < -0.3 is 0 Å². The molecular formula is C14H10N2O. The lowest BCUT2D eigenvalue weighted by atomic mass is 10.2. The molecule has 0 radical (unpaired) electrons. The van der Waals surface area contributed by atoms with Gasteiger partial charge in [0.1, 0.15) is 0 Å². The third kappa shape index (κ3) is 1.61. The van der Waals surface area contributed by atoms with Crippen molar-refractivity contribution in [3.8, 4) is 5.69 Å². The minimum absolute atomic E-state index is 0.0400. The lowest BCUT2D eigenvalue weighted by molar-refractivity contribution is 1.01. The second kappa shape index (κ2) is 3.87. The number of fused-ring (bicyclic) bond motifs is 1. The van der Waals surface area contributed by atoms with Crippen LogP contribution in [0.3, 0.4) is 0 Å². The molecule has 2 aromatic heterocycles. The Morgan fingerprint density at radius 3 is 2.65 bits per heavy atom. The van der Waals surface area contributed by atoms with Gasteiger partial charge in [0.25, 0.3) is 5.56 Å². The van der Waals surface area contributed by atoms with Crippen LogP contribution in [0.15, 0.2) is 65.8 Å². The maximum atomic E-state index is 12.3. The molecule has 3 rings (SSSR count). The lowest BCUT2D eigenvalue weighted by Gasteiger charge is -2.06. The Bertz CT molecular complexity index is 717. The Morgan fingerprint density at radius 2 is 1.82 bits per heavy atom. The van der Waals surface area contributed by atoms with Crippen LogP contribution in [-0.2, 0) is 0 Å². The third-order valence-corrected chi connectivity index (χ3v) is 2.74. The van der Waals surface area contributed by atoms with Crippen molar-refractivity contribution in [1.82, 2.24) is 9.55 Å². The van der Waals surface area contributed by atoms with Crippen molar-refractivity contribution in [1.29, 1.82) is 0 Å². The van der Waals surface area contributed by atoms with Crippen LogP contribution in [0.4, 0.5) is 0 Å². The second-order valence-corrected chi connectivity index (χ2v) is 3.79. The van der Waals surface area contributed by atoms with Gasteiger partial charge in [-0.05, 0) is 29.7 Å². The summed E-state index contributed by atoms with van der Waals surface area (Å²) in [5, 5.41) is 1.55. The van der Waals surface area contributed by atoms with Crippen molar-refractivity contribution in [2.45, 2.75) is 0 Å². The number of benzene rings is 1. The van der Waals surface area contributed by atoms with Crippen molar-refractivity contribution in [3.63, 3.8) is 0 Å². The van der Waals surface area contributed by atoms with Crippen LogP contribution < -0.4 is 5.56 Å². The summed E-state index contributed by atoms with van der Waals surface area (Å²) < 4.78 is 1.63. The summed E-state index contributed by atoms with van der Waals surface area (Å²) in [6, 6.07) is 13.3. The minimum Gasteiger partial charge on any atom is -0.284 e. The average molecular weight is 222 g/mol. The standard InChI is InChI=1S/C14H10N2O/c17-14-13-10-15-8-6-11(13)7-9-16(14)12-4-2-1-3-5-12/h1-10H. The van der Waals surface area contributed by atoms with E-state index in [1.54, 1.807) is 23.2 Å². The van der Waals surface area contributed by atoms with Gasteiger partial charge in [-0.1, -0.05) is 18.2 Å². The molecule has 0 bridgehead atoms. The highest BCUT2D eigenvalue weighted by molar-refractivity contribution is 5.80. The third-order valence-electron chi connectivity index (χ3n) is 2.74. The van der Waals surface area contributed by atoms with E-state index < -0.39 is 0 Å². The summed E-state index contributed by atoms with van der Waals surface area (Å²) in [6.45, 7) is 0. The van der Waals surface area contributed by atoms with Crippen molar-refractivity contribution in [3.05, 3.63) is 71.4 Å². The molecule has 0 amide bonds. The van der Waals surface area contributed by atoms with Crippen LogP contribution >= 0.6 is 0 Å². The molecule has 0 aliphatic heterocycles. The van der Waals surface area contributed by atoms with Crippen LogP contribution in [0.2, 0.25) is 0 Å². The van der Waals surface area contributed by atoms with E-state index in [1.165, 1.54) is 0 Å². The van der Waals surface area contributed by atoms with Gasteiger partial charge >= 0.3 is 0 Å². The number of hydrogen-bond acceptors (Lipinski definition) is 2. The summed E-state index contributed by atoms with van der Waals surface area (Å²) in [5.74, 6) is 0. The van der Waals surface area contributed by atoms with Gasteiger partial charge in [-0.2, -0.15) is 0 Å². The van der Waals surface area contributed by atoms with Gasteiger partial charge in [0, 0.05) is 24.3 Å². The summed E-state index contributed by atoms with van der Waals surface area (Å²) in [7, 11) is 0. The lowest BCUT2D eigenvalue weighted by Crippen LogP contribution is -2.17. The molecule has 0 atom stereocenters. The normalized spacial score (nSPS) is 10.6. The molecule has 0 saturated carbocycles. The number of rotatable bonds is 1. The van der Waals surface area contributed by atoms with E-state index in [-0.39, 0.29) is 5.56 Å². The van der Waals surface area contributed by atoms with Crippen molar-refractivity contribution in [2.75, 3.05) is 0 Å². The molecule has 0 aliphatic rings. The molecule has 82 valence electrons. The Balaban J connectivity index is 2.33. The summed E-state index contributed by atoms with van der Waals surface area (Å²) in [6.07, 6.45) is 5.09. The molecule has 0 unspecified atom stereocenters. The van der Waals surface area contributed by atoms with Gasteiger partial charge in [0.15, 0.2) is 0 Å².